The van der Waals surface area contributed by atoms with Crippen LogP contribution < -0.4 is 4.74 Å². The van der Waals surface area contributed by atoms with Crippen molar-refractivity contribution in [2.45, 2.75) is 32.8 Å². The highest BCUT2D eigenvalue weighted by Crippen LogP contribution is 2.17. The molecule has 0 spiro atoms. The summed E-state index contributed by atoms with van der Waals surface area (Å²) in [7, 11) is 0. The van der Waals surface area contributed by atoms with E-state index in [9.17, 15) is 9.59 Å². The average molecular weight is 236 g/mol. The van der Waals surface area contributed by atoms with Gasteiger partial charge in [0.05, 0.1) is 0 Å². The highest BCUT2D eigenvalue weighted by atomic mass is 16.5. The third kappa shape index (κ3) is 3.90. The largest absolute Gasteiger partial charge is 0.479 e. The minimum Gasteiger partial charge on any atom is -0.479 e. The predicted molar refractivity (Wildman–Crippen MR) is 63.4 cm³/mol. The van der Waals surface area contributed by atoms with Gasteiger partial charge >= 0.3 is 5.97 Å². The van der Waals surface area contributed by atoms with Crippen LogP contribution in [0.15, 0.2) is 24.3 Å². The molecule has 4 nitrogen and oxygen atoms in total. The second-order valence-electron chi connectivity index (χ2n) is 3.82. The Kier molecular flexibility index (Phi) is 4.69. The topological polar surface area (TPSA) is 63.6 Å². The lowest BCUT2D eigenvalue weighted by Crippen LogP contribution is -2.26. The maximum atomic E-state index is 11.2. The van der Waals surface area contributed by atoms with Crippen LogP contribution in [0.4, 0.5) is 0 Å². The molecule has 0 aliphatic rings. The van der Waals surface area contributed by atoms with E-state index in [1.165, 1.54) is 6.92 Å². The molecular weight excluding hydrogens is 220 g/mol. The smallest absolute Gasteiger partial charge is 0.344 e. The molecule has 1 aromatic rings. The molecule has 0 saturated carbocycles. The van der Waals surface area contributed by atoms with Gasteiger partial charge < -0.3 is 9.84 Å². The second kappa shape index (κ2) is 6.03. The Bertz CT molecular complexity index is 412. The van der Waals surface area contributed by atoms with Gasteiger partial charge in [-0.1, -0.05) is 25.5 Å². The monoisotopic (exact) mass is 236 g/mol. The van der Waals surface area contributed by atoms with Crippen LogP contribution in [0.3, 0.4) is 0 Å². The summed E-state index contributed by atoms with van der Waals surface area (Å²) >= 11 is 0. The normalized spacial score (nSPS) is 11.9. The first kappa shape index (κ1) is 13.2. The summed E-state index contributed by atoms with van der Waals surface area (Å²) in [4.78, 5) is 22.1. The zero-order valence-electron chi connectivity index (χ0n) is 9.97. The number of Topliss-reactive ketones (excluding diaryl/α,β-unsaturated/α-hetero) is 1. The van der Waals surface area contributed by atoms with E-state index >= 15 is 0 Å². The molecule has 1 N–H and O–H groups in total. The number of carboxylic acids is 1. The zero-order chi connectivity index (χ0) is 12.8. The summed E-state index contributed by atoms with van der Waals surface area (Å²) in [5.41, 5.74) is 0.517. The van der Waals surface area contributed by atoms with Crippen molar-refractivity contribution in [3.05, 3.63) is 29.8 Å². The Labute approximate surface area is 100 Å². The number of ketones is 1. The van der Waals surface area contributed by atoms with E-state index in [0.29, 0.717) is 17.7 Å². The van der Waals surface area contributed by atoms with Gasteiger partial charge in [-0.3, -0.25) is 4.79 Å². The molecule has 0 aliphatic carbocycles. The lowest BCUT2D eigenvalue weighted by molar-refractivity contribution is -0.145. The molecule has 17 heavy (non-hydrogen) atoms. The fourth-order valence-electron chi connectivity index (χ4n) is 1.45. The van der Waals surface area contributed by atoms with Crippen LogP contribution in [0.2, 0.25) is 0 Å². The number of hydrogen-bond acceptors (Lipinski definition) is 3. The summed E-state index contributed by atoms with van der Waals surface area (Å²) in [6.45, 7) is 3.35. The molecule has 0 radical (unpaired) electrons. The second-order valence-corrected chi connectivity index (χ2v) is 3.82. The number of rotatable bonds is 6. The van der Waals surface area contributed by atoms with E-state index in [4.69, 9.17) is 9.84 Å². The highest BCUT2D eigenvalue weighted by Gasteiger charge is 2.18. The molecule has 0 bridgehead atoms. The van der Waals surface area contributed by atoms with Gasteiger partial charge in [0.2, 0.25) is 0 Å². The summed E-state index contributed by atoms with van der Waals surface area (Å²) < 4.78 is 5.36. The summed E-state index contributed by atoms with van der Waals surface area (Å²) in [6.07, 6.45) is 0.311. The fraction of sp³-hybridized carbons (Fsp3) is 0.385. The van der Waals surface area contributed by atoms with Crippen molar-refractivity contribution >= 4 is 11.8 Å². The van der Waals surface area contributed by atoms with Crippen LogP contribution in [-0.2, 0) is 4.79 Å². The Morgan fingerprint density at radius 1 is 1.41 bits per heavy atom. The number of aliphatic carboxylic acids is 1. The molecule has 0 aliphatic heterocycles. The first-order chi connectivity index (χ1) is 8.04. The molecule has 4 heteroatoms. The molecule has 1 atom stereocenters. The number of benzene rings is 1. The molecule has 0 amide bonds. The van der Waals surface area contributed by atoms with Crippen molar-refractivity contribution in [2.75, 3.05) is 0 Å². The van der Waals surface area contributed by atoms with Gasteiger partial charge in [0, 0.05) is 5.56 Å². The van der Waals surface area contributed by atoms with Crippen LogP contribution in [0.1, 0.15) is 37.0 Å². The quantitative estimate of drug-likeness (QED) is 0.771. The number of carboxylic acid groups (broad SMARTS) is 1. The lowest BCUT2D eigenvalue weighted by atomic mass is 10.1. The van der Waals surface area contributed by atoms with Gasteiger partial charge in [-0.05, 0) is 25.5 Å². The first-order valence-corrected chi connectivity index (χ1v) is 5.55. The van der Waals surface area contributed by atoms with Crippen molar-refractivity contribution < 1.29 is 19.4 Å². The third-order valence-electron chi connectivity index (χ3n) is 2.35. The maximum Gasteiger partial charge on any atom is 0.344 e. The fourth-order valence-corrected chi connectivity index (χ4v) is 1.45. The zero-order valence-corrected chi connectivity index (χ0v) is 9.97. The standard InChI is InChI=1S/C13H16O4/c1-3-5-12(13(15)16)17-11-7-4-6-10(8-11)9(2)14/h4,6-8,12H,3,5H2,1-2H3,(H,15,16). The van der Waals surface area contributed by atoms with E-state index in [1.807, 2.05) is 6.92 Å². The number of ether oxygens (including phenoxy) is 1. The average Bonchev–Trinajstić information content (AvgIpc) is 2.28. The minimum atomic E-state index is -0.986. The molecule has 1 aromatic carbocycles. The Morgan fingerprint density at radius 2 is 2.12 bits per heavy atom. The summed E-state index contributed by atoms with van der Waals surface area (Å²) in [6, 6.07) is 6.56. The highest BCUT2D eigenvalue weighted by molar-refractivity contribution is 5.94. The number of carbonyl (C=O) groups excluding carboxylic acids is 1. The van der Waals surface area contributed by atoms with Crippen molar-refractivity contribution in [3.63, 3.8) is 0 Å². The van der Waals surface area contributed by atoms with Crippen LogP contribution >= 0.6 is 0 Å². The van der Waals surface area contributed by atoms with Crippen molar-refractivity contribution in [3.8, 4) is 5.75 Å². The Balaban J connectivity index is 2.82. The Hall–Kier alpha value is -1.84. The maximum absolute atomic E-state index is 11.2. The molecule has 0 saturated heterocycles. The lowest BCUT2D eigenvalue weighted by Gasteiger charge is -2.14. The summed E-state index contributed by atoms with van der Waals surface area (Å²) in [5, 5.41) is 8.95. The van der Waals surface area contributed by atoms with Gasteiger partial charge in [-0.25, -0.2) is 4.79 Å². The molecule has 92 valence electrons. The van der Waals surface area contributed by atoms with Gasteiger partial charge in [0.1, 0.15) is 5.75 Å². The van der Waals surface area contributed by atoms with E-state index in [0.717, 1.165) is 6.42 Å². The SMILES string of the molecule is CCCC(Oc1cccc(C(C)=O)c1)C(=O)O. The molecule has 0 aromatic heterocycles. The van der Waals surface area contributed by atoms with E-state index in [2.05, 4.69) is 0 Å². The van der Waals surface area contributed by atoms with Crippen LogP contribution in [0.25, 0.3) is 0 Å². The molecule has 1 rings (SSSR count). The minimum absolute atomic E-state index is 0.0715. The van der Waals surface area contributed by atoms with Crippen molar-refractivity contribution in [1.29, 1.82) is 0 Å². The third-order valence-corrected chi connectivity index (χ3v) is 2.35. The van der Waals surface area contributed by atoms with Gasteiger partial charge in [-0.2, -0.15) is 0 Å². The number of hydrogen-bond donors (Lipinski definition) is 1. The molecule has 0 fully saturated rings. The number of carbonyl (C=O) groups is 2. The first-order valence-electron chi connectivity index (χ1n) is 5.55. The molecular formula is C13H16O4. The van der Waals surface area contributed by atoms with Crippen molar-refractivity contribution in [2.24, 2.45) is 0 Å². The van der Waals surface area contributed by atoms with Crippen molar-refractivity contribution in [1.82, 2.24) is 0 Å². The van der Waals surface area contributed by atoms with Gasteiger partial charge in [0.25, 0.3) is 0 Å². The van der Waals surface area contributed by atoms with E-state index in [-0.39, 0.29) is 5.78 Å². The van der Waals surface area contributed by atoms with Crippen LogP contribution in [-0.4, -0.2) is 23.0 Å². The van der Waals surface area contributed by atoms with Crippen LogP contribution in [0.5, 0.6) is 5.75 Å². The van der Waals surface area contributed by atoms with Gasteiger partial charge in [-0.15, -0.1) is 0 Å². The molecule has 0 heterocycles. The van der Waals surface area contributed by atoms with Gasteiger partial charge in [0.15, 0.2) is 11.9 Å². The van der Waals surface area contributed by atoms with Crippen LogP contribution in [0, 0.1) is 0 Å². The van der Waals surface area contributed by atoms with E-state index < -0.39 is 12.1 Å². The predicted octanol–water partition coefficient (Wildman–Crippen LogP) is 2.52. The summed E-state index contributed by atoms with van der Waals surface area (Å²) in [5.74, 6) is -0.642. The Morgan fingerprint density at radius 3 is 2.65 bits per heavy atom. The molecule has 1 unspecified atom stereocenters. The van der Waals surface area contributed by atoms with E-state index in [1.54, 1.807) is 24.3 Å².